The van der Waals surface area contributed by atoms with Crippen molar-refractivity contribution in [3.63, 3.8) is 0 Å². The van der Waals surface area contributed by atoms with E-state index >= 15 is 0 Å². The lowest BCUT2D eigenvalue weighted by Crippen LogP contribution is -2.53. The molecule has 4 heteroatoms. The van der Waals surface area contributed by atoms with E-state index in [1.54, 1.807) is 0 Å². The average Bonchev–Trinajstić information content (AvgIpc) is 3.05. The Morgan fingerprint density at radius 2 is 1.88 bits per heavy atom. The molecular formula is C29H44O4. The number of carbonyl (C=O) groups is 2. The molecule has 0 amide bonds. The normalized spacial score (nSPS) is 43.0. The zero-order chi connectivity index (χ0) is 24.1. The summed E-state index contributed by atoms with van der Waals surface area (Å²) in [5.74, 6) is 1.12. The second-order valence-electron chi connectivity index (χ2n) is 12.3. The van der Waals surface area contributed by atoms with Gasteiger partial charge in [-0.2, -0.15) is 0 Å². The van der Waals surface area contributed by atoms with Gasteiger partial charge >= 0.3 is 5.97 Å². The van der Waals surface area contributed by atoms with Gasteiger partial charge in [0.05, 0.1) is 12.0 Å². The fourth-order valence-electron chi connectivity index (χ4n) is 8.39. The van der Waals surface area contributed by atoms with E-state index in [4.69, 9.17) is 4.74 Å². The van der Waals surface area contributed by atoms with Gasteiger partial charge in [-0.1, -0.05) is 44.1 Å². The summed E-state index contributed by atoms with van der Waals surface area (Å²) >= 11 is 0. The molecule has 0 saturated heterocycles. The van der Waals surface area contributed by atoms with Gasteiger partial charge < -0.3 is 9.84 Å². The fraction of sp³-hybridized carbons (Fsp3) is 0.793. The molecule has 184 valence electrons. The van der Waals surface area contributed by atoms with Crippen molar-refractivity contribution in [1.29, 1.82) is 0 Å². The van der Waals surface area contributed by atoms with E-state index in [9.17, 15) is 14.7 Å². The number of rotatable bonds is 5. The number of carbonyl (C=O) groups excluding carboxylic acids is 2. The van der Waals surface area contributed by atoms with Gasteiger partial charge in [-0.3, -0.25) is 9.59 Å². The molecule has 0 aromatic rings. The summed E-state index contributed by atoms with van der Waals surface area (Å²) in [5, 5.41) is 11.3. The summed E-state index contributed by atoms with van der Waals surface area (Å²) < 4.78 is 5.53. The van der Waals surface area contributed by atoms with Gasteiger partial charge in [0.15, 0.2) is 0 Å². The van der Waals surface area contributed by atoms with Crippen LogP contribution >= 0.6 is 0 Å². The van der Waals surface area contributed by atoms with Crippen molar-refractivity contribution in [3.05, 3.63) is 23.3 Å². The van der Waals surface area contributed by atoms with Crippen LogP contribution in [0.15, 0.2) is 23.3 Å². The first-order chi connectivity index (χ1) is 15.5. The number of aliphatic hydroxyl groups excluding tert-OH is 1. The van der Waals surface area contributed by atoms with Crippen molar-refractivity contribution in [2.75, 3.05) is 0 Å². The maximum atomic E-state index is 13.7. The van der Waals surface area contributed by atoms with E-state index in [0.717, 1.165) is 32.1 Å². The number of allylic oxidation sites excluding steroid dienone is 3. The van der Waals surface area contributed by atoms with Gasteiger partial charge in [-0.05, 0) is 94.3 Å². The van der Waals surface area contributed by atoms with E-state index in [2.05, 4.69) is 40.7 Å². The topological polar surface area (TPSA) is 63.6 Å². The largest absolute Gasteiger partial charge is 0.462 e. The van der Waals surface area contributed by atoms with Gasteiger partial charge in [-0.15, -0.1) is 0 Å². The molecule has 9 atom stereocenters. The monoisotopic (exact) mass is 456 g/mol. The Morgan fingerprint density at radius 1 is 1.15 bits per heavy atom. The summed E-state index contributed by atoms with van der Waals surface area (Å²) in [5.41, 5.74) is 2.52. The first-order valence-corrected chi connectivity index (χ1v) is 13.2. The molecule has 2 bridgehead atoms. The molecule has 0 unspecified atom stereocenters. The highest BCUT2D eigenvalue weighted by Crippen LogP contribution is 2.65. The first kappa shape index (κ1) is 24.7. The second kappa shape index (κ2) is 8.98. The maximum absolute atomic E-state index is 13.7. The number of ketones is 1. The van der Waals surface area contributed by atoms with Crippen LogP contribution in [0.5, 0.6) is 0 Å². The Kier molecular flexibility index (Phi) is 6.72. The van der Waals surface area contributed by atoms with Gasteiger partial charge in [0.1, 0.15) is 11.9 Å². The highest BCUT2D eigenvalue weighted by atomic mass is 16.5. The summed E-state index contributed by atoms with van der Waals surface area (Å²) in [6.45, 7) is 12.8. The molecule has 0 radical (unpaired) electrons. The summed E-state index contributed by atoms with van der Waals surface area (Å²) in [6.07, 6.45) is 11.4. The van der Waals surface area contributed by atoms with Gasteiger partial charge in [0.25, 0.3) is 0 Å². The van der Waals surface area contributed by atoms with Gasteiger partial charge in [0.2, 0.25) is 0 Å². The molecule has 0 aliphatic heterocycles. The highest BCUT2D eigenvalue weighted by Gasteiger charge is 2.61. The van der Waals surface area contributed by atoms with Crippen molar-refractivity contribution in [2.24, 2.45) is 40.4 Å². The molecule has 0 spiro atoms. The fourth-order valence-corrected chi connectivity index (χ4v) is 8.39. The summed E-state index contributed by atoms with van der Waals surface area (Å²) in [6, 6.07) is 0. The van der Waals surface area contributed by atoms with E-state index in [1.807, 2.05) is 6.08 Å². The van der Waals surface area contributed by atoms with Crippen molar-refractivity contribution < 1.29 is 19.4 Å². The molecule has 1 N–H and O–H groups in total. The van der Waals surface area contributed by atoms with Gasteiger partial charge in [0, 0.05) is 12.3 Å². The minimum atomic E-state index is -0.863. The Morgan fingerprint density at radius 3 is 2.55 bits per heavy atom. The zero-order valence-corrected chi connectivity index (χ0v) is 21.5. The van der Waals surface area contributed by atoms with Gasteiger partial charge in [-0.25, -0.2) is 0 Å². The van der Waals surface area contributed by atoms with Crippen LogP contribution in [0.2, 0.25) is 0 Å². The molecule has 3 saturated carbocycles. The SMILES string of the molecule is CC(=O)O[C@H]1CC[C@@]2(C)C(=O)[C@@H]1[C@H](O)C=C1[C@@H]3CC[C@H]([C@H](C)CCC=C(C)C)[C@@]3(C)CC[C@@H]12. The molecule has 3 fully saturated rings. The molecule has 4 aliphatic carbocycles. The molecule has 0 aromatic heterocycles. The number of ether oxygens (including phenoxy) is 1. The van der Waals surface area contributed by atoms with Crippen molar-refractivity contribution in [1.82, 2.24) is 0 Å². The van der Waals surface area contributed by atoms with Crippen molar-refractivity contribution in [2.45, 2.75) is 105 Å². The number of hydrogen-bond acceptors (Lipinski definition) is 4. The van der Waals surface area contributed by atoms with E-state index < -0.39 is 23.5 Å². The minimum Gasteiger partial charge on any atom is -0.462 e. The predicted octanol–water partition coefficient (Wildman–Crippen LogP) is 6.03. The number of Topliss-reactive ketones (excluding diaryl/α,β-unsaturated/α-hetero) is 1. The average molecular weight is 457 g/mol. The van der Waals surface area contributed by atoms with Crippen LogP contribution in [0, 0.1) is 40.4 Å². The number of fused-ring (bicyclic) bond motifs is 6. The predicted molar refractivity (Wildman–Crippen MR) is 130 cm³/mol. The van der Waals surface area contributed by atoms with E-state index in [-0.39, 0.29) is 23.1 Å². The quantitative estimate of drug-likeness (QED) is 0.405. The van der Waals surface area contributed by atoms with Crippen molar-refractivity contribution >= 4 is 11.8 Å². The third-order valence-corrected chi connectivity index (χ3v) is 10.1. The lowest BCUT2D eigenvalue weighted by Gasteiger charge is -2.52. The van der Waals surface area contributed by atoms with E-state index in [1.165, 1.54) is 30.9 Å². The summed E-state index contributed by atoms with van der Waals surface area (Å²) in [7, 11) is 0. The number of aliphatic hydroxyl groups is 1. The number of hydrogen-bond donors (Lipinski definition) is 1. The lowest BCUT2D eigenvalue weighted by atomic mass is 9.52. The van der Waals surface area contributed by atoms with Crippen molar-refractivity contribution in [3.8, 4) is 0 Å². The second-order valence-corrected chi connectivity index (χ2v) is 12.3. The Bertz CT molecular complexity index is 852. The van der Waals surface area contributed by atoms with Crippen LogP contribution in [-0.4, -0.2) is 29.1 Å². The van der Waals surface area contributed by atoms with Crippen LogP contribution in [0.4, 0.5) is 0 Å². The Balaban J connectivity index is 1.63. The molecule has 0 heterocycles. The molecule has 4 aliphatic rings. The smallest absolute Gasteiger partial charge is 0.302 e. The molecule has 0 aromatic carbocycles. The standard InChI is InChI=1S/C29H44O4/c1-17(2)8-7-9-18(3)21-10-11-22-20-16-24(31)26-25(33-19(4)30)13-15-29(6,27(26)32)23(20)12-14-28(21,22)5/h8,16,18,21-26,31H,7,9-15H2,1-6H3/t18-,21-,22+,23+,24-,25+,26-,28-,29-/m1/s1. The third kappa shape index (κ3) is 4.15. The zero-order valence-electron chi connectivity index (χ0n) is 21.5. The molecule has 33 heavy (non-hydrogen) atoms. The number of esters is 1. The molecule has 4 nitrogen and oxygen atoms in total. The Labute approximate surface area is 200 Å². The van der Waals surface area contributed by atoms with Crippen LogP contribution < -0.4 is 0 Å². The van der Waals surface area contributed by atoms with Crippen LogP contribution in [0.3, 0.4) is 0 Å². The molecule has 4 rings (SSSR count). The van der Waals surface area contributed by atoms with Crippen LogP contribution in [0.1, 0.15) is 92.9 Å². The first-order valence-electron chi connectivity index (χ1n) is 13.2. The Hall–Kier alpha value is -1.42. The van der Waals surface area contributed by atoms with E-state index in [0.29, 0.717) is 24.2 Å². The highest BCUT2D eigenvalue weighted by molar-refractivity contribution is 5.90. The lowest BCUT2D eigenvalue weighted by molar-refractivity contribution is -0.164. The van der Waals surface area contributed by atoms with Crippen LogP contribution in [0.25, 0.3) is 0 Å². The van der Waals surface area contributed by atoms with Crippen LogP contribution in [-0.2, 0) is 14.3 Å². The molecular weight excluding hydrogens is 412 g/mol. The maximum Gasteiger partial charge on any atom is 0.302 e. The minimum absolute atomic E-state index is 0.108. The summed E-state index contributed by atoms with van der Waals surface area (Å²) in [4.78, 5) is 25.4. The third-order valence-electron chi connectivity index (χ3n) is 10.1.